The summed E-state index contributed by atoms with van der Waals surface area (Å²) in [6.07, 6.45) is 2.34. The number of anilines is 1. The topological polar surface area (TPSA) is 32.3 Å². The van der Waals surface area contributed by atoms with E-state index in [1.54, 1.807) is 0 Å². The molecule has 1 aromatic rings. The van der Waals surface area contributed by atoms with Crippen molar-refractivity contribution >= 4 is 51.5 Å². The highest BCUT2D eigenvalue weighted by Gasteiger charge is 2.18. The summed E-state index contributed by atoms with van der Waals surface area (Å²) in [5.41, 5.74) is 1.72. The molecule has 6 heteroatoms. The average molecular weight is 357 g/mol. The second-order valence-electron chi connectivity index (χ2n) is 5.76. The predicted octanol–water partition coefficient (Wildman–Crippen LogP) is 4.34. The van der Waals surface area contributed by atoms with Gasteiger partial charge in [-0.05, 0) is 43.4 Å². The normalized spacial score (nSPS) is 15.7. The zero-order valence-corrected chi connectivity index (χ0v) is 15.3. The molecule has 1 fully saturated rings. The van der Waals surface area contributed by atoms with Gasteiger partial charge in [-0.15, -0.1) is 0 Å². The van der Waals surface area contributed by atoms with Gasteiger partial charge < -0.3 is 10.2 Å². The van der Waals surface area contributed by atoms with Crippen LogP contribution in [0.3, 0.4) is 0 Å². The minimum atomic E-state index is -0.0801. The van der Waals surface area contributed by atoms with Crippen LogP contribution >= 0.6 is 35.6 Å². The molecule has 0 spiro atoms. The van der Waals surface area contributed by atoms with Crippen molar-refractivity contribution in [3.8, 4) is 0 Å². The summed E-state index contributed by atoms with van der Waals surface area (Å²) in [7, 11) is 0. The second kappa shape index (κ2) is 8.18. The van der Waals surface area contributed by atoms with Gasteiger partial charge in [0.2, 0.25) is 5.91 Å². The van der Waals surface area contributed by atoms with E-state index in [2.05, 4.69) is 17.1 Å². The maximum Gasteiger partial charge on any atom is 0.234 e. The monoisotopic (exact) mass is 356 g/mol. The summed E-state index contributed by atoms with van der Waals surface area (Å²) in [6, 6.07) is 5.59. The van der Waals surface area contributed by atoms with Gasteiger partial charge in [0.1, 0.15) is 4.32 Å². The van der Waals surface area contributed by atoms with Crippen molar-refractivity contribution in [3.05, 3.63) is 28.8 Å². The number of hydrogen-bond donors (Lipinski definition) is 1. The van der Waals surface area contributed by atoms with Crippen molar-refractivity contribution < 1.29 is 4.79 Å². The Kier molecular flexibility index (Phi) is 6.53. The molecule has 0 unspecified atom stereocenters. The van der Waals surface area contributed by atoms with Crippen molar-refractivity contribution in [1.82, 2.24) is 4.90 Å². The molecule has 0 aromatic heterocycles. The number of hydrogen-bond acceptors (Lipinski definition) is 3. The van der Waals surface area contributed by atoms with Gasteiger partial charge in [-0.25, -0.2) is 0 Å². The number of likely N-dealkylation sites (tertiary alicyclic amines) is 1. The number of benzene rings is 1. The number of halogens is 1. The number of aryl methyl sites for hydroxylation is 1. The molecule has 1 aliphatic rings. The SMILES string of the molecule is Cc1ccc(NC(=O)CSC(=S)N2CCC(C)CC2)c(Cl)c1. The molecule has 1 aliphatic heterocycles. The standard InChI is InChI=1S/C16H21ClN2OS2/c1-11-5-7-19(8-6-11)16(21)22-10-15(20)18-14-4-3-12(2)9-13(14)17/h3-4,9,11H,5-8,10H2,1-2H3,(H,18,20). The molecule has 2 rings (SSSR count). The van der Waals surface area contributed by atoms with Crippen LogP contribution in [0.5, 0.6) is 0 Å². The number of carbonyl (C=O) groups excluding carboxylic acids is 1. The number of thioether (sulfide) groups is 1. The van der Waals surface area contributed by atoms with Gasteiger partial charge in [0.15, 0.2) is 0 Å². The number of carbonyl (C=O) groups is 1. The van der Waals surface area contributed by atoms with Crippen molar-refractivity contribution in [2.24, 2.45) is 5.92 Å². The summed E-state index contributed by atoms with van der Waals surface area (Å²) in [5, 5.41) is 3.39. The minimum Gasteiger partial charge on any atom is -0.357 e. The first-order valence-corrected chi connectivity index (χ1v) is 9.20. The summed E-state index contributed by atoms with van der Waals surface area (Å²) in [4.78, 5) is 14.2. The minimum absolute atomic E-state index is 0.0801. The summed E-state index contributed by atoms with van der Waals surface area (Å²) in [6.45, 7) is 6.23. The number of amides is 1. The lowest BCUT2D eigenvalue weighted by Crippen LogP contribution is -2.36. The molecule has 1 saturated heterocycles. The quantitative estimate of drug-likeness (QED) is 0.817. The molecule has 0 aliphatic carbocycles. The van der Waals surface area contributed by atoms with Gasteiger partial charge in [0, 0.05) is 13.1 Å². The first-order valence-electron chi connectivity index (χ1n) is 7.43. The summed E-state index contributed by atoms with van der Waals surface area (Å²) >= 11 is 13.0. The third kappa shape index (κ3) is 5.14. The maximum absolute atomic E-state index is 12.0. The van der Waals surface area contributed by atoms with Crippen molar-refractivity contribution in [3.63, 3.8) is 0 Å². The molecule has 0 atom stereocenters. The van der Waals surface area contributed by atoms with Crippen LogP contribution in [0.1, 0.15) is 25.3 Å². The lowest BCUT2D eigenvalue weighted by molar-refractivity contribution is -0.113. The van der Waals surface area contributed by atoms with E-state index >= 15 is 0 Å². The molecular formula is C16H21ClN2OS2. The van der Waals surface area contributed by atoms with Crippen LogP contribution in [0.15, 0.2) is 18.2 Å². The van der Waals surface area contributed by atoms with Crippen molar-refractivity contribution in [2.75, 3.05) is 24.2 Å². The van der Waals surface area contributed by atoms with E-state index in [0.717, 1.165) is 28.9 Å². The highest BCUT2D eigenvalue weighted by Crippen LogP contribution is 2.24. The molecule has 22 heavy (non-hydrogen) atoms. The van der Waals surface area contributed by atoms with E-state index in [-0.39, 0.29) is 5.91 Å². The first kappa shape index (κ1) is 17.6. The van der Waals surface area contributed by atoms with E-state index in [1.165, 1.54) is 24.6 Å². The highest BCUT2D eigenvalue weighted by molar-refractivity contribution is 8.23. The van der Waals surface area contributed by atoms with Crippen LogP contribution < -0.4 is 5.32 Å². The van der Waals surface area contributed by atoms with E-state index < -0.39 is 0 Å². The Balaban J connectivity index is 1.79. The molecule has 1 heterocycles. The van der Waals surface area contributed by atoms with Gasteiger partial charge in [-0.1, -0.05) is 48.6 Å². The molecule has 1 N–H and O–H groups in total. The van der Waals surface area contributed by atoms with Gasteiger partial charge >= 0.3 is 0 Å². The molecule has 1 amide bonds. The molecule has 0 radical (unpaired) electrons. The average Bonchev–Trinajstić information content (AvgIpc) is 2.48. The Hall–Kier alpha value is -0.780. The number of piperidine rings is 1. The van der Waals surface area contributed by atoms with Crippen molar-refractivity contribution in [1.29, 1.82) is 0 Å². The van der Waals surface area contributed by atoms with Gasteiger partial charge in [0.05, 0.1) is 16.5 Å². The Labute approximate surface area is 146 Å². The fraction of sp³-hybridized carbons (Fsp3) is 0.500. The third-order valence-corrected chi connectivity index (χ3v) is 5.60. The van der Waals surface area contributed by atoms with Crippen LogP contribution in [0.25, 0.3) is 0 Å². The number of rotatable bonds is 3. The maximum atomic E-state index is 12.0. The van der Waals surface area contributed by atoms with Crippen LogP contribution in [0.4, 0.5) is 5.69 Å². The van der Waals surface area contributed by atoms with Crippen LogP contribution in [0.2, 0.25) is 5.02 Å². The van der Waals surface area contributed by atoms with E-state index in [4.69, 9.17) is 23.8 Å². The second-order valence-corrected chi connectivity index (χ2v) is 7.77. The highest BCUT2D eigenvalue weighted by atomic mass is 35.5. The van der Waals surface area contributed by atoms with E-state index in [1.807, 2.05) is 25.1 Å². The lowest BCUT2D eigenvalue weighted by Gasteiger charge is -2.31. The molecule has 0 saturated carbocycles. The Morgan fingerprint density at radius 1 is 1.45 bits per heavy atom. The van der Waals surface area contributed by atoms with Gasteiger partial charge in [-0.2, -0.15) is 0 Å². The Morgan fingerprint density at radius 3 is 2.77 bits per heavy atom. The molecule has 120 valence electrons. The zero-order chi connectivity index (χ0) is 16.1. The number of thiocarbonyl (C=S) groups is 1. The molecule has 0 bridgehead atoms. The molecular weight excluding hydrogens is 336 g/mol. The summed E-state index contributed by atoms with van der Waals surface area (Å²) in [5.74, 6) is 1.01. The number of nitrogens with zero attached hydrogens (tertiary/aromatic N) is 1. The summed E-state index contributed by atoms with van der Waals surface area (Å²) < 4.78 is 0.817. The molecule has 3 nitrogen and oxygen atoms in total. The fourth-order valence-corrected chi connectivity index (χ4v) is 3.65. The fourth-order valence-electron chi connectivity index (χ4n) is 2.32. The number of nitrogens with one attached hydrogen (secondary N) is 1. The Morgan fingerprint density at radius 2 is 2.14 bits per heavy atom. The lowest BCUT2D eigenvalue weighted by atomic mass is 10.00. The Bertz CT molecular complexity index is 557. The zero-order valence-electron chi connectivity index (χ0n) is 12.9. The van der Waals surface area contributed by atoms with E-state index in [0.29, 0.717) is 16.5 Å². The first-order chi connectivity index (χ1) is 10.5. The smallest absolute Gasteiger partial charge is 0.234 e. The van der Waals surface area contributed by atoms with Crippen LogP contribution in [0, 0.1) is 12.8 Å². The van der Waals surface area contributed by atoms with E-state index in [9.17, 15) is 4.79 Å². The van der Waals surface area contributed by atoms with Gasteiger partial charge in [-0.3, -0.25) is 4.79 Å². The van der Waals surface area contributed by atoms with Gasteiger partial charge in [0.25, 0.3) is 0 Å². The van der Waals surface area contributed by atoms with Crippen LogP contribution in [-0.2, 0) is 4.79 Å². The third-order valence-electron chi connectivity index (χ3n) is 3.77. The van der Waals surface area contributed by atoms with Crippen LogP contribution in [-0.4, -0.2) is 34.0 Å². The molecule has 1 aromatic carbocycles. The van der Waals surface area contributed by atoms with Crippen molar-refractivity contribution in [2.45, 2.75) is 26.7 Å². The largest absolute Gasteiger partial charge is 0.357 e. The predicted molar refractivity (Wildman–Crippen MR) is 99.8 cm³/mol.